The third-order valence-corrected chi connectivity index (χ3v) is 4.96. The third kappa shape index (κ3) is 5.60. The molecule has 0 saturated carbocycles. The molecule has 0 amide bonds. The molecule has 0 fully saturated rings. The average Bonchev–Trinajstić information content (AvgIpc) is 2.81. The fourth-order valence-electron chi connectivity index (χ4n) is 2.04. The number of nitrogens with zero attached hydrogens (tertiary/aromatic N) is 2. The number of sulfonamides is 1. The van der Waals surface area contributed by atoms with Gasteiger partial charge in [0.25, 0.3) is 0 Å². The first kappa shape index (κ1) is 19.6. The first-order chi connectivity index (χ1) is 10.3. The minimum Gasteiger partial charge on any atom is -1.00 e. The first-order valence-corrected chi connectivity index (χ1v) is 8.80. The minimum atomic E-state index is -3.54. The van der Waals surface area contributed by atoms with Crippen LogP contribution in [0.2, 0.25) is 5.02 Å². The summed E-state index contributed by atoms with van der Waals surface area (Å²) in [6.45, 7) is 2.33. The van der Waals surface area contributed by atoms with Crippen molar-refractivity contribution < 1.29 is 30.5 Å². The van der Waals surface area contributed by atoms with E-state index in [1.165, 1.54) is 12.1 Å². The van der Waals surface area contributed by atoms with E-state index in [0.29, 0.717) is 23.6 Å². The number of hydrogen-bond donors (Lipinski definition) is 2. The summed E-state index contributed by atoms with van der Waals surface area (Å²) in [6.07, 6.45) is 6.11. The molecule has 0 aliphatic heterocycles. The monoisotopic (exact) mass is 379 g/mol. The number of aryl methyl sites for hydroxylation is 3. The Hall–Kier alpha value is -1.44. The second-order valence-corrected chi connectivity index (χ2v) is 7.46. The summed E-state index contributed by atoms with van der Waals surface area (Å²) in [5.41, 5.74) is 0.783. The van der Waals surface area contributed by atoms with Crippen molar-refractivity contribution in [1.82, 2.24) is 4.57 Å². The van der Waals surface area contributed by atoms with E-state index in [0.717, 1.165) is 0 Å². The van der Waals surface area contributed by atoms with E-state index >= 15 is 0 Å². The molecule has 0 spiro atoms. The van der Waals surface area contributed by atoms with Crippen LogP contribution in [0.3, 0.4) is 0 Å². The maximum Gasteiger partial charge on any atom is 0.243 e. The number of nitrogens with one attached hydrogen (secondary N) is 1. The van der Waals surface area contributed by atoms with Gasteiger partial charge >= 0.3 is 0 Å². The second-order valence-electron chi connectivity index (χ2n) is 5.21. The van der Waals surface area contributed by atoms with Gasteiger partial charge in [0, 0.05) is 11.4 Å². The number of anilines is 1. The van der Waals surface area contributed by atoms with Gasteiger partial charge in [0.1, 0.15) is 18.1 Å². The molecule has 2 aromatic rings. The van der Waals surface area contributed by atoms with Crippen molar-refractivity contribution in [3.05, 3.63) is 41.4 Å². The van der Waals surface area contributed by atoms with Gasteiger partial charge in [-0.25, -0.2) is 17.6 Å². The molecule has 6 nitrogen and oxygen atoms in total. The molecule has 0 radical (unpaired) electrons. The number of phenols is 1. The molecular weight excluding hydrogens is 361 g/mol. The van der Waals surface area contributed by atoms with Crippen molar-refractivity contribution in [2.75, 3.05) is 10.5 Å². The predicted octanol–water partition coefficient (Wildman–Crippen LogP) is -1.18. The Labute approximate surface area is 147 Å². The van der Waals surface area contributed by atoms with Crippen LogP contribution < -0.4 is 21.7 Å². The molecular formula is C14H19Cl2N3O3S. The van der Waals surface area contributed by atoms with Crippen LogP contribution in [-0.4, -0.2) is 23.8 Å². The fraction of sp³-hybridized carbons (Fsp3) is 0.357. The van der Waals surface area contributed by atoms with E-state index in [4.69, 9.17) is 11.6 Å². The number of hydrogen-bond acceptors (Lipinski definition) is 3. The molecule has 0 bridgehead atoms. The van der Waals surface area contributed by atoms with Crippen LogP contribution in [0.1, 0.15) is 12.0 Å². The minimum absolute atomic E-state index is 0. The highest BCUT2D eigenvalue weighted by Gasteiger charge is 2.15. The number of rotatable bonds is 6. The second kappa shape index (κ2) is 7.90. The fourth-order valence-corrected chi connectivity index (χ4v) is 3.31. The molecule has 1 aromatic heterocycles. The largest absolute Gasteiger partial charge is 1.00 e. The van der Waals surface area contributed by atoms with Crippen molar-refractivity contribution in [1.29, 1.82) is 0 Å². The Kier molecular flexibility index (Phi) is 6.73. The Morgan fingerprint density at radius 3 is 2.70 bits per heavy atom. The van der Waals surface area contributed by atoms with Crippen LogP contribution in [0.4, 0.5) is 5.69 Å². The van der Waals surface area contributed by atoms with E-state index in [-0.39, 0.29) is 29.6 Å². The number of benzene rings is 1. The first-order valence-electron chi connectivity index (χ1n) is 6.77. The van der Waals surface area contributed by atoms with Gasteiger partial charge in [0.2, 0.25) is 16.4 Å². The summed E-state index contributed by atoms with van der Waals surface area (Å²) in [5.74, 6) is -0.178. The summed E-state index contributed by atoms with van der Waals surface area (Å²) in [5, 5.41) is 10.2. The van der Waals surface area contributed by atoms with Gasteiger partial charge < -0.3 is 17.5 Å². The molecule has 9 heteroatoms. The zero-order chi connectivity index (χ0) is 16.3. The van der Waals surface area contributed by atoms with E-state index in [1.54, 1.807) is 6.92 Å². The standard InChI is InChI=1S/C14H18ClN3O3S.ClH/c1-11-8-14(19)13(9-12(11)15)16-22(20,21)7-3-4-18-6-5-17(2)10-18;/h5-6,8-10,16H,3-4,7H2,1-2H3;1H. The molecule has 2 N–H and O–H groups in total. The van der Waals surface area contributed by atoms with Crippen molar-refractivity contribution in [2.24, 2.45) is 7.05 Å². The third-order valence-electron chi connectivity index (χ3n) is 3.20. The molecule has 1 aromatic carbocycles. The smallest absolute Gasteiger partial charge is 0.243 e. The molecule has 0 aliphatic carbocycles. The molecule has 0 unspecified atom stereocenters. The van der Waals surface area contributed by atoms with Crippen LogP contribution in [0.25, 0.3) is 0 Å². The normalized spacial score (nSPS) is 11.1. The van der Waals surface area contributed by atoms with Gasteiger partial charge in [0.05, 0.1) is 25.0 Å². The highest BCUT2D eigenvalue weighted by Crippen LogP contribution is 2.30. The van der Waals surface area contributed by atoms with Crippen molar-refractivity contribution >= 4 is 27.3 Å². The summed E-state index contributed by atoms with van der Waals surface area (Å²) in [4.78, 5) is 0. The molecule has 23 heavy (non-hydrogen) atoms. The number of halogens is 2. The maximum atomic E-state index is 12.1. The molecule has 128 valence electrons. The SMILES string of the molecule is Cc1cc(O)c(NS(=O)(=O)CCCn2cc[n+](C)c2)cc1Cl.[Cl-]. The maximum absolute atomic E-state index is 12.1. The van der Waals surface area contributed by atoms with E-state index in [2.05, 4.69) is 4.72 Å². The van der Waals surface area contributed by atoms with Gasteiger partial charge in [-0.05, 0) is 24.6 Å². The van der Waals surface area contributed by atoms with Crippen LogP contribution >= 0.6 is 11.6 Å². The lowest BCUT2D eigenvalue weighted by Gasteiger charge is -2.10. The molecule has 0 aliphatic rings. The van der Waals surface area contributed by atoms with Crippen molar-refractivity contribution in [3.8, 4) is 5.75 Å². The topological polar surface area (TPSA) is 75.2 Å². The molecule has 2 rings (SSSR count). The van der Waals surface area contributed by atoms with Gasteiger partial charge in [-0.3, -0.25) is 4.72 Å². The van der Waals surface area contributed by atoms with Crippen molar-refractivity contribution in [3.63, 3.8) is 0 Å². The highest BCUT2D eigenvalue weighted by atomic mass is 35.5. The molecule has 0 atom stereocenters. The van der Waals surface area contributed by atoms with Gasteiger partial charge in [-0.15, -0.1) is 0 Å². The number of imidazole rings is 1. The van der Waals surface area contributed by atoms with E-state index in [9.17, 15) is 13.5 Å². The summed E-state index contributed by atoms with van der Waals surface area (Å²) in [7, 11) is -1.64. The Morgan fingerprint density at radius 1 is 1.39 bits per heavy atom. The zero-order valence-electron chi connectivity index (χ0n) is 12.8. The van der Waals surface area contributed by atoms with Crippen LogP contribution in [0.15, 0.2) is 30.9 Å². The van der Waals surface area contributed by atoms with Gasteiger partial charge in [0.15, 0.2) is 0 Å². The Bertz CT molecular complexity index is 776. The summed E-state index contributed by atoms with van der Waals surface area (Å²) in [6, 6.07) is 2.84. The predicted molar refractivity (Wildman–Crippen MR) is 85.5 cm³/mol. The number of phenolic OH excluding ortho intramolecular Hbond substituents is 1. The van der Waals surface area contributed by atoms with E-state index < -0.39 is 10.0 Å². The van der Waals surface area contributed by atoms with Crippen molar-refractivity contribution in [2.45, 2.75) is 19.9 Å². The lowest BCUT2D eigenvalue weighted by molar-refractivity contribution is -0.671. The lowest BCUT2D eigenvalue weighted by atomic mass is 10.2. The highest BCUT2D eigenvalue weighted by molar-refractivity contribution is 7.92. The Morgan fingerprint density at radius 2 is 2.09 bits per heavy atom. The lowest BCUT2D eigenvalue weighted by Crippen LogP contribution is -3.00. The van der Waals surface area contributed by atoms with Gasteiger partial charge in [-0.1, -0.05) is 11.6 Å². The molecule has 1 heterocycles. The van der Waals surface area contributed by atoms with Crippen LogP contribution in [0, 0.1) is 6.92 Å². The van der Waals surface area contributed by atoms with Crippen LogP contribution in [0.5, 0.6) is 5.75 Å². The number of aromatic nitrogens is 2. The van der Waals surface area contributed by atoms with Crippen LogP contribution in [-0.2, 0) is 23.6 Å². The summed E-state index contributed by atoms with van der Waals surface area (Å²) >= 11 is 5.95. The van der Waals surface area contributed by atoms with E-state index in [1.807, 2.05) is 34.9 Å². The Balaban J connectivity index is 0.00000264. The average molecular weight is 380 g/mol. The van der Waals surface area contributed by atoms with Gasteiger partial charge in [-0.2, -0.15) is 0 Å². The quantitative estimate of drug-likeness (QED) is 0.489. The zero-order valence-corrected chi connectivity index (χ0v) is 15.2. The number of aromatic hydroxyl groups is 1. The summed E-state index contributed by atoms with van der Waals surface area (Å²) < 4.78 is 30.3. The molecule has 0 saturated heterocycles.